The first kappa shape index (κ1) is 31.0. The van der Waals surface area contributed by atoms with Crippen LogP contribution in [0, 0.1) is 11.8 Å². The zero-order valence-electron chi connectivity index (χ0n) is 24.5. The van der Waals surface area contributed by atoms with Crippen molar-refractivity contribution in [3.05, 3.63) is 35.5 Å². The van der Waals surface area contributed by atoms with E-state index in [-0.39, 0.29) is 49.1 Å². The Morgan fingerprint density at radius 3 is 2.51 bits per heavy atom. The summed E-state index contributed by atoms with van der Waals surface area (Å²) in [6, 6.07) is 2.64. The number of ether oxygens (including phenoxy) is 3. The average molecular weight is 570 g/mol. The fraction of sp³-hybridized carbons (Fsp3) is 0.645. The lowest BCUT2D eigenvalue weighted by atomic mass is 9.83. The van der Waals surface area contributed by atoms with Crippen LogP contribution in [0.2, 0.25) is 0 Å². The van der Waals surface area contributed by atoms with Crippen molar-refractivity contribution in [3.63, 3.8) is 0 Å². The molecule has 0 saturated carbocycles. The van der Waals surface area contributed by atoms with Crippen LogP contribution in [0.5, 0.6) is 5.88 Å². The predicted molar refractivity (Wildman–Crippen MR) is 151 cm³/mol. The van der Waals surface area contributed by atoms with E-state index in [1.54, 1.807) is 32.2 Å². The Morgan fingerprint density at radius 1 is 1.15 bits per heavy atom. The average Bonchev–Trinajstić information content (AvgIpc) is 3.51. The van der Waals surface area contributed by atoms with Crippen LogP contribution in [0.25, 0.3) is 0 Å². The van der Waals surface area contributed by atoms with E-state index in [1.807, 2.05) is 4.90 Å². The van der Waals surface area contributed by atoms with Crippen molar-refractivity contribution in [2.45, 2.75) is 70.4 Å². The molecule has 0 bridgehead atoms. The van der Waals surface area contributed by atoms with Gasteiger partial charge in [-0.25, -0.2) is 4.98 Å². The number of hydrogen-bond donors (Lipinski definition) is 1. The Kier molecular flexibility index (Phi) is 10.8. The van der Waals surface area contributed by atoms with Crippen molar-refractivity contribution in [2.75, 3.05) is 46.6 Å². The summed E-state index contributed by atoms with van der Waals surface area (Å²) in [5, 5.41) is 2.90. The molecule has 0 aromatic carbocycles. The van der Waals surface area contributed by atoms with Gasteiger partial charge in [-0.1, -0.05) is 24.6 Å². The molecule has 4 unspecified atom stereocenters. The summed E-state index contributed by atoms with van der Waals surface area (Å²) in [4.78, 5) is 59.3. The van der Waals surface area contributed by atoms with Crippen LogP contribution in [0.3, 0.4) is 0 Å². The maximum atomic E-state index is 13.8. The molecule has 1 amide bonds. The number of carbonyl (C=O) groups is 4. The van der Waals surface area contributed by atoms with E-state index in [2.05, 4.69) is 16.4 Å². The Morgan fingerprint density at radius 2 is 1.90 bits per heavy atom. The number of methoxy groups -OCH3 is 1. The summed E-state index contributed by atoms with van der Waals surface area (Å²) in [7, 11) is 1.53. The number of Topliss-reactive ketones (excluding diaryl/α,β-unsaturated/α-hetero) is 3. The van der Waals surface area contributed by atoms with E-state index in [0.29, 0.717) is 45.2 Å². The van der Waals surface area contributed by atoms with Gasteiger partial charge in [0.2, 0.25) is 11.8 Å². The molecule has 3 aliphatic rings. The number of nitrogens with zero attached hydrogens (tertiary/aromatic N) is 2. The van der Waals surface area contributed by atoms with Gasteiger partial charge in [-0.15, -0.1) is 0 Å². The van der Waals surface area contributed by atoms with Gasteiger partial charge in [0.15, 0.2) is 11.6 Å². The van der Waals surface area contributed by atoms with Crippen molar-refractivity contribution in [1.82, 2.24) is 15.2 Å². The molecule has 2 saturated heterocycles. The number of aromatic nitrogens is 1. The van der Waals surface area contributed by atoms with Crippen LogP contribution < -0.4 is 10.1 Å². The molecule has 41 heavy (non-hydrogen) atoms. The first-order valence-electron chi connectivity index (χ1n) is 14.7. The Bertz CT molecular complexity index is 1120. The minimum absolute atomic E-state index is 0.00793. The lowest BCUT2D eigenvalue weighted by Gasteiger charge is -2.26. The molecule has 0 radical (unpaired) electrons. The molecule has 10 heteroatoms. The minimum Gasteiger partial charge on any atom is -0.481 e. The maximum absolute atomic E-state index is 13.8. The first-order valence-corrected chi connectivity index (χ1v) is 14.7. The van der Waals surface area contributed by atoms with Crippen LogP contribution in [0.1, 0.15) is 57.9 Å². The van der Waals surface area contributed by atoms with Gasteiger partial charge in [-0.2, -0.15) is 0 Å². The number of carbonyl (C=O) groups excluding carboxylic acids is 4. The zero-order valence-corrected chi connectivity index (χ0v) is 24.5. The number of nitrogens with one attached hydrogen (secondary N) is 1. The standard InChI is InChI=1S/C31H43N3O7/c1-21(14-25(35)19-34-10-12-40-13-11-34)30(38)33-26(16-23-8-9-28(39-3)32-18-23)27(36)17-24(15-22-6-4-5-7-22)29(37)31(2)20-41-31/h6,8-9,18,21,24,26H,4-5,7,10-17,19-20H2,1-3H3,(H,33,38). The molecule has 1 aromatic heterocycles. The van der Waals surface area contributed by atoms with Crippen molar-refractivity contribution in [3.8, 4) is 5.88 Å². The second kappa shape index (κ2) is 14.3. The first-order chi connectivity index (χ1) is 19.7. The molecule has 2 aliphatic heterocycles. The molecule has 0 spiro atoms. The molecule has 1 aliphatic carbocycles. The number of amides is 1. The molecule has 4 rings (SSSR count). The van der Waals surface area contributed by atoms with Gasteiger partial charge in [-0.3, -0.25) is 24.1 Å². The van der Waals surface area contributed by atoms with Gasteiger partial charge in [0.25, 0.3) is 0 Å². The summed E-state index contributed by atoms with van der Waals surface area (Å²) in [5.41, 5.74) is 1.12. The van der Waals surface area contributed by atoms with Gasteiger partial charge in [-0.05, 0) is 38.2 Å². The highest BCUT2D eigenvalue weighted by molar-refractivity contribution is 5.97. The van der Waals surface area contributed by atoms with Gasteiger partial charge in [0.1, 0.15) is 11.4 Å². The third kappa shape index (κ3) is 9.02. The van der Waals surface area contributed by atoms with Crippen molar-refractivity contribution in [1.29, 1.82) is 0 Å². The van der Waals surface area contributed by atoms with E-state index in [9.17, 15) is 19.2 Å². The number of allylic oxidation sites excluding steroid dienone is 2. The van der Waals surface area contributed by atoms with Gasteiger partial charge >= 0.3 is 0 Å². The summed E-state index contributed by atoms with van der Waals surface area (Å²) < 4.78 is 15.9. The Balaban J connectivity index is 1.44. The van der Waals surface area contributed by atoms with E-state index >= 15 is 0 Å². The third-order valence-corrected chi connectivity index (χ3v) is 8.20. The van der Waals surface area contributed by atoms with Gasteiger partial charge < -0.3 is 19.5 Å². The topological polar surface area (TPSA) is 127 Å². The fourth-order valence-electron chi connectivity index (χ4n) is 5.52. The molecule has 10 nitrogen and oxygen atoms in total. The predicted octanol–water partition coefficient (Wildman–Crippen LogP) is 2.48. The summed E-state index contributed by atoms with van der Waals surface area (Å²) >= 11 is 0. The molecule has 1 N–H and O–H groups in total. The van der Waals surface area contributed by atoms with Crippen LogP contribution >= 0.6 is 0 Å². The Labute approximate surface area is 242 Å². The van der Waals surface area contributed by atoms with E-state index < -0.39 is 23.5 Å². The molecule has 224 valence electrons. The second-order valence-electron chi connectivity index (χ2n) is 11.7. The third-order valence-electron chi connectivity index (χ3n) is 8.20. The monoisotopic (exact) mass is 569 g/mol. The van der Waals surface area contributed by atoms with Crippen LogP contribution in [0.4, 0.5) is 0 Å². The number of pyridine rings is 1. The quantitative estimate of drug-likeness (QED) is 0.236. The number of morpholine rings is 1. The van der Waals surface area contributed by atoms with E-state index in [1.165, 1.54) is 12.7 Å². The number of epoxide rings is 1. The van der Waals surface area contributed by atoms with Crippen molar-refractivity contribution in [2.24, 2.45) is 11.8 Å². The van der Waals surface area contributed by atoms with E-state index in [4.69, 9.17) is 14.2 Å². The number of rotatable bonds is 16. The molecule has 4 atom stereocenters. The second-order valence-corrected chi connectivity index (χ2v) is 11.7. The highest BCUT2D eigenvalue weighted by atomic mass is 16.6. The summed E-state index contributed by atoms with van der Waals surface area (Å²) in [6.07, 6.45) is 7.60. The van der Waals surface area contributed by atoms with Crippen LogP contribution in [0.15, 0.2) is 30.0 Å². The van der Waals surface area contributed by atoms with Gasteiger partial charge in [0, 0.05) is 56.5 Å². The normalized spacial score (nSPS) is 22.8. The zero-order chi connectivity index (χ0) is 29.4. The van der Waals surface area contributed by atoms with Crippen LogP contribution in [-0.2, 0) is 35.1 Å². The largest absolute Gasteiger partial charge is 0.481 e. The SMILES string of the molecule is COc1ccc(CC(NC(=O)C(C)CC(=O)CN2CCOCC2)C(=O)CC(CC2=CCCC2)C(=O)C2(C)CO2)cn1. The molecule has 3 heterocycles. The lowest BCUT2D eigenvalue weighted by molar-refractivity contribution is -0.134. The highest BCUT2D eigenvalue weighted by Crippen LogP contribution is 2.35. The van der Waals surface area contributed by atoms with E-state index in [0.717, 1.165) is 24.8 Å². The smallest absolute Gasteiger partial charge is 0.223 e. The summed E-state index contributed by atoms with van der Waals surface area (Å²) in [5.74, 6) is -1.34. The molecule has 1 aromatic rings. The minimum atomic E-state index is -0.865. The van der Waals surface area contributed by atoms with Gasteiger partial charge in [0.05, 0.1) is 39.5 Å². The lowest BCUT2D eigenvalue weighted by Crippen LogP contribution is -2.46. The molecule has 2 fully saturated rings. The summed E-state index contributed by atoms with van der Waals surface area (Å²) in [6.45, 7) is 6.70. The molecular formula is C31H43N3O7. The number of ketones is 3. The maximum Gasteiger partial charge on any atom is 0.223 e. The van der Waals surface area contributed by atoms with Crippen LogP contribution in [-0.4, -0.2) is 91.3 Å². The highest BCUT2D eigenvalue weighted by Gasteiger charge is 2.50. The molecular weight excluding hydrogens is 526 g/mol. The van der Waals surface area contributed by atoms with Crippen molar-refractivity contribution < 1.29 is 33.4 Å². The van der Waals surface area contributed by atoms with Crippen molar-refractivity contribution >= 4 is 23.3 Å². The number of hydrogen-bond acceptors (Lipinski definition) is 9. The fourth-order valence-corrected chi connectivity index (χ4v) is 5.52. The Hall–Kier alpha value is -2.95.